The van der Waals surface area contributed by atoms with Crippen molar-refractivity contribution in [1.29, 1.82) is 0 Å². The summed E-state index contributed by atoms with van der Waals surface area (Å²) >= 11 is 0. The zero-order chi connectivity index (χ0) is 15.9. The Morgan fingerprint density at radius 3 is 2.24 bits per heavy atom. The van der Waals surface area contributed by atoms with Gasteiger partial charge in [-0.3, -0.25) is 0 Å². The Hall–Kier alpha value is -0.0400. The summed E-state index contributed by atoms with van der Waals surface area (Å²) in [5.74, 6) is 3.42. The van der Waals surface area contributed by atoms with E-state index in [1.807, 2.05) is 0 Å². The smallest absolute Gasteiger partial charge is 0.0433 e. The fourth-order valence-corrected chi connectivity index (χ4v) is 4.50. The molecular formula is C20H40O. The van der Waals surface area contributed by atoms with Crippen LogP contribution in [0.25, 0.3) is 0 Å². The number of rotatable bonds is 9. The second-order valence-electron chi connectivity index (χ2n) is 8.70. The standard InChI is InChI=1S/C20H40O/c1-16(8-6-9-17(2)13-15-21)11-12-19-18(3)10-7-14-20(19,4)5/h16-19,21H,6-15H2,1-5H3/t16?,17-,18?,19+/m0/s1. The predicted octanol–water partition coefficient (Wildman–Crippen LogP) is 6.05. The van der Waals surface area contributed by atoms with Crippen LogP contribution in [0.4, 0.5) is 0 Å². The Balaban J connectivity index is 2.24. The molecule has 0 aliphatic heterocycles. The first kappa shape index (κ1) is 19.0. The maximum Gasteiger partial charge on any atom is 0.0433 e. The van der Waals surface area contributed by atoms with Crippen molar-refractivity contribution in [2.24, 2.45) is 29.1 Å². The van der Waals surface area contributed by atoms with Gasteiger partial charge in [0.2, 0.25) is 0 Å². The topological polar surface area (TPSA) is 20.2 Å². The molecule has 1 aliphatic carbocycles. The van der Waals surface area contributed by atoms with Crippen molar-refractivity contribution in [3.05, 3.63) is 0 Å². The molecule has 1 nitrogen and oxygen atoms in total. The van der Waals surface area contributed by atoms with Gasteiger partial charge in [0, 0.05) is 6.61 Å². The molecule has 0 radical (unpaired) electrons. The SMILES string of the molecule is CC(CCC[C@H](C)CCO)CC[C@@H]1C(C)CCCC1(C)C. The summed E-state index contributed by atoms with van der Waals surface area (Å²) in [5, 5.41) is 8.95. The van der Waals surface area contributed by atoms with E-state index < -0.39 is 0 Å². The van der Waals surface area contributed by atoms with Crippen LogP contribution in [0.5, 0.6) is 0 Å². The van der Waals surface area contributed by atoms with E-state index in [1.165, 1.54) is 51.4 Å². The minimum atomic E-state index is 0.353. The molecule has 21 heavy (non-hydrogen) atoms. The van der Waals surface area contributed by atoms with Gasteiger partial charge >= 0.3 is 0 Å². The second-order valence-corrected chi connectivity index (χ2v) is 8.70. The molecule has 1 N–H and O–H groups in total. The van der Waals surface area contributed by atoms with Crippen LogP contribution in [0.3, 0.4) is 0 Å². The molecule has 1 rings (SSSR count). The summed E-state index contributed by atoms with van der Waals surface area (Å²) in [6.45, 7) is 12.5. The van der Waals surface area contributed by atoms with Crippen molar-refractivity contribution in [2.45, 2.75) is 92.4 Å². The molecule has 0 amide bonds. The van der Waals surface area contributed by atoms with Crippen LogP contribution in [0.15, 0.2) is 0 Å². The molecule has 0 heterocycles. The zero-order valence-electron chi connectivity index (χ0n) is 15.3. The highest BCUT2D eigenvalue weighted by molar-refractivity contribution is 4.86. The Kier molecular flexibility index (Phi) is 8.31. The van der Waals surface area contributed by atoms with Crippen molar-refractivity contribution in [1.82, 2.24) is 0 Å². The molecule has 126 valence electrons. The van der Waals surface area contributed by atoms with Gasteiger partial charge in [-0.1, -0.05) is 73.1 Å². The minimum absolute atomic E-state index is 0.353. The van der Waals surface area contributed by atoms with Gasteiger partial charge in [0.1, 0.15) is 0 Å². The fourth-order valence-electron chi connectivity index (χ4n) is 4.50. The van der Waals surface area contributed by atoms with E-state index in [9.17, 15) is 0 Å². The van der Waals surface area contributed by atoms with E-state index in [0.717, 1.165) is 24.2 Å². The van der Waals surface area contributed by atoms with Gasteiger partial charge in [-0.15, -0.1) is 0 Å². The van der Waals surface area contributed by atoms with E-state index in [4.69, 9.17) is 5.11 Å². The molecule has 1 saturated carbocycles. The molecule has 0 saturated heterocycles. The molecule has 0 aromatic carbocycles. The van der Waals surface area contributed by atoms with E-state index >= 15 is 0 Å². The Morgan fingerprint density at radius 1 is 1.05 bits per heavy atom. The molecule has 1 aliphatic rings. The molecular weight excluding hydrogens is 256 g/mol. The third-order valence-corrected chi connectivity index (χ3v) is 6.16. The summed E-state index contributed by atoms with van der Waals surface area (Å²) in [5.41, 5.74) is 0.563. The van der Waals surface area contributed by atoms with Crippen molar-refractivity contribution in [3.8, 4) is 0 Å². The summed E-state index contributed by atoms with van der Waals surface area (Å²) < 4.78 is 0. The van der Waals surface area contributed by atoms with Crippen molar-refractivity contribution in [3.63, 3.8) is 0 Å². The average Bonchev–Trinajstić information content (AvgIpc) is 2.37. The van der Waals surface area contributed by atoms with Gasteiger partial charge in [-0.25, -0.2) is 0 Å². The van der Waals surface area contributed by atoms with Crippen LogP contribution in [0, 0.1) is 29.1 Å². The third kappa shape index (κ3) is 6.72. The molecule has 0 spiro atoms. The quantitative estimate of drug-likeness (QED) is 0.549. The third-order valence-electron chi connectivity index (χ3n) is 6.16. The van der Waals surface area contributed by atoms with Gasteiger partial charge in [0.05, 0.1) is 0 Å². The largest absolute Gasteiger partial charge is 0.396 e. The van der Waals surface area contributed by atoms with Crippen LogP contribution >= 0.6 is 0 Å². The van der Waals surface area contributed by atoms with E-state index in [0.29, 0.717) is 17.9 Å². The molecule has 1 fully saturated rings. The predicted molar refractivity (Wildman–Crippen MR) is 93.4 cm³/mol. The van der Waals surface area contributed by atoms with E-state index in [2.05, 4.69) is 34.6 Å². The first-order chi connectivity index (χ1) is 9.86. The lowest BCUT2D eigenvalue weighted by molar-refractivity contribution is 0.0706. The highest BCUT2D eigenvalue weighted by atomic mass is 16.3. The normalized spacial score (nSPS) is 28.3. The average molecular weight is 297 g/mol. The maximum absolute atomic E-state index is 8.95. The summed E-state index contributed by atoms with van der Waals surface area (Å²) in [6.07, 6.45) is 12.1. The van der Waals surface area contributed by atoms with Crippen LogP contribution in [-0.2, 0) is 0 Å². The van der Waals surface area contributed by atoms with Crippen LogP contribution < -0.4 is 0 Å². The van der Waals surface area contributed by atoms with Gasteiger partial charge in [-0.2, -0.15) is 0 Å². The van der Waals surface area contributed by atoms with Crippen molar-refractivity contribution in [2.75, 3.05) is 6.61 Å². The zero-order valence-corrected chi connectivity index (χ0v) is 15.3. The Labute approximate surface area is 133 Å². The van der Waals surface area contributed by atoms with Crippen LogP contribution in [0.1, 0.15) is 92.4 Å². The molecule has 4 atom stereocenters. The van der Waals surface area contributed by atoms with Gasteiger partial charge < -0.3 is 5.11 Å². The summed E-state index contributed by atoms with van der Waals surface area (Å²) in [7, 11) is 0. The molecule has 0 aromatic rings. The number of aliphatic hydroxyl groups is 1. The second kappa shape index (κ2) is 9.18. The number of aliphatic hydroxyl groups excluding tert-OH is 1. The lowest BCUT2D eigenvalue weighted by Gasteiger charge is -2.43. The summed E-state index contributed by atoms with van der Waals surface area (Å²) in [4.78, 5) is 0. The van der Waals surface area contributed by atoms with Gasteiger partial charge in [0.15, 0.2) is 0 Å². The van der Waals surface area contributed by atoms with Crippen molar-refractivity contribution >= 4 is 0 Å². The molecule has 0 bridgehead atoms. The molecule has 1 heteroatoms. The van der Waals surface area contributed by atoms with E-state index in [1.54, 1.807) is 0 Å². The van der Waals surface area contributed by atoms with Crippen LogP contribution in [0.2, 0.25) is 0 Å². The highest BCUT2D eigenvalue weighted by Crippen LogP contribution is 2.46. The number of hydrogen-bond donors (Lipinski definition) is 1. The lowest BCUT2D eigenvalue weighted by atomic mass is 9.62. The van der Waals surface area contributed by atoms with Gasteiger partial charge in [0.25, 0.3) is 0 Å². The van der Waals surface area contributed by atoms with Crippen LogP contribution in [-0.4, -0.2) is 11.7 Å². The summed E-state index contributed by atoms with van der Waals surface area (Å²) in [6, 6.07) is 0. The van der Waals surface area contributed by atoms with Crippen molar-refractivity contribution < 1.29 is 5.11 Å². The first-order valence-corrected chi connectivity index (χ1v) is 9.47. The lowest BCUT2D eigenvalue weighted by Crippen LogP contribution is -2.33. The fraction of sp³-hybridized carbons (Fsp3) is 1.00. The molecule has 0 aromatic heterocycles. The monoisotopic (exact) mass is 296 g/mol. The molecule has 2 unspecified atom stereocenters. The van der Waals surface area contributed by atoms with E-state index in [-0.39, 0.29) is 0 Å². The Bertz CT molecular complexity index is 271. The highest BCUT2D eigenvalue weighted by Gasteiger charge is 2.36. The van der Waals surface area contributed by atoms with Gasteiger partial charge in [-0.05, 0) is 48.3 Å². The Morgan fingerprint density at radius 2 is 1.67 bits per heavy atom. The maximum atomic E-state index is 8.95. The number of hydrogen-bond acceptors (Lipinski definition) is 1. The minimum Gasteiger partial charge on any atom is -0.396 e. The first-order valence-electron chi connectivity index (χ1n) is 9.47.